The molecule has 0 saturated carbocycles. The fourth-order valence-corrected chi connectivity index (χ4v) is 1.27. The molecule has 0 amide bonds. The summed E-state index contributed by atoms with van der Waals surface area (Å²) in [7, 11) is 0. The van der Waals surface area contributed by atoms with Crippen molar-refractivity contribution in [2.45, 2.75) is 19.4 Å². The summed E-state index contributed by atoms with van der Waals surface area (Å²) in [5, 5.41) is 11.0. The molecule has 1 aromatic rings. The molecule has 4 heteroatoms. The third-order valence-corrected chi connectivity index (χ3v) is 2.20. The average molecular weight is 200 g/mol. The fraction of sp³-hybridized carbons (Fsp3) is 0.333. The molecule has 0 aliphatic heterocycles. The zero-order chi connectivity index (χ0) is 9.84. The summed E-state index contributed by atoms with van der Waals surface area (Å²) in [5.41, 5.74) is 0.827. The summed E-state index contributed by atoms with van der Waals surface area (Å²) in [6.45, 7) is 1.57. The van der Waals surface area contributed by atoms with Crippen LogP contribution in [0.25, 0.3) is 0 Å². The van der Waals surface area contributed by atoms with E-state index in [2.05, 4.69) is 0 Å². The molecule has 1 aromatic carbocycles. The number of halogens is 1. The second-order valence-corrected chi connectivity index (χ2v) is 3.34. The molecule has 0 radical (unpaired) electrons. The van der Waals surface area contributed by atoms with Gasteiger partial charge >= 0.3 is 0 Å². The second kappa shape index (κ2) is 4.23. The molecule has 0 aliphatic rings. The number of nitrogens with zero attached hydrogens (tertiary/aromatic N) is 1. The molecule has 3 nitrogen and oxygen atoms in total. The van der Waals surface area contributed by atoms with Gasteiger partial charge < -0.3 is 0 Å². The van der Waals surface area contributed by atoms with Crippen LogP contribution in [0, 0.1) is 10.1 Å². The summed E-state index contributed by atoms with van der Waals surface area (Å²) in [6.07, 6.45) is 0.382. The van der Waals surface area contributed by atoms with Gasteiger partial charge in [-0.3, -0.25) is 10.1 Å². The zero-order valence-corrected chi connectivity index (χ0v) is 7.99. The zero-order valence-electron chi connectivity index (χ0n) is 7.24. The van der Waals surface area contributed by atoms with Crippen LogP contribution in [-0.2, 0) is 6.42 Å². The van der Waals surface area contributed by atoms with Crippen LogP contribution in [0.3, 0.4) is 0 Å². The topological polar surface area (TPSA) is 43.1 Å². The van der Waals surface area contributed by atoms with Crippen LogP contribution in [0.15, 0.2) is 24.3 Å². The Morgan fingerprint density at radius 3 is 2.69 bits per heavy atom. The van der Waals surface area contributed by atoms with E-state index in [9.17, 15) is 10.1 Å². The average Bonchev–Trinajstić information content (AvgIpc) is 2.08. The lowest BCUT2D eigenvalue weighted by Crippen LogP contribution is -2.17. The molecule has 0 fully saturated rings. The predicted molar refractivity (Wildman–Crippen MR) is 51.6 cm³/mol. The van der Waals surface area contributed by atoms with Crippen molar-refractivity contribution in [3.8, 4) is 0 Å². The third kappa shape index (κ3) is 2.70. The second-order valence-electron chi connectivity index (χ2n) is 2.93. The smallest absolute Gasteiger partial charge is 0.214 e. The van der Waals surface area contributed by atoms with Crippen molar-refractivity contribution in [3.63, 3.8) is 0 Å². The Balaban J connectivity index is 2.74. The van der Waals surface area contributed by atoms with Crippen LogP contribution < -0.4 is 0 Å². The van der Waals surface area contributed by atoms with Gasteiger partial charge in [0.1, 0.15) is 0 Å². The fourth-order valence-electron chi connectivity index (χ4n) is 1.06. The van der Waals surface area contributed by atoms with Crippen molar-refractivity contribution in [2.24, 2.45) is 0 Å². The van der Waals surface area contributed by atoms with E-state index in [1.54, 1.807) is 13.0 Å². The third-order valence-electron chi connectivity index (χ3n) is 1.83. The highest BCUT2D eigenvalue weighted by Gasteiger charge is 2.14. The number of hydrogen-bond donors (Lipinski definition) is 0. The van der Waals surface area contributed by atoms with Gasteiger partial charge in [0.25, 0.3) is 0 Å². The van der Waals surface area contributed by atoms with Crippen LogP contribution >= 0.6 is 11.6 Å². The largest absolute Gasteiger partial charge is 0.264 e. The number of hydrogen-bond acceptors (Lipinski definition) is 2. The lowest BCUT2D eigenvalue weighted by molar-refractivity contribution is -0.517. The molecule has 0 heterocycles. The van der Waals surface area contributed by atoms with E-state index in [-0.39, 0.29) is 4.92 Å². The first kappa shape index (κ1) is 9.99. The Hall–Kier alpha value is -1.09. The Labute approximate surface area is 81.5 Å². The van der Waals surface area contributed by atoms with Gasteiger partial charge in [-0.2, -0.15) is 0 Å². The normalized spacial score (nSPS) is 12.5. The minimum atomic E-state index is -0.583. The van der Waals surface area contributed by atoms with Crippen molar-refractivity contribution >= 4 is 11.6 Å². The maximum atomic E-state index is 10.4. The van der Waals surface area contributed by atoms with Crippen LogP contribution in [0.2, 0.25) is 5.02 Å². The van der Waals surface area contributed by atoms with Gasteiger partial charge in [0, 0.05) is 23.3 Å². The predicted octanol–water partition coefficient (Wildman–Crippen LogP) is 2.55. The van der Waals surface area contributed by atoms with Gasteiger partial charge in [-0.1, -0.05) is 29.8 Å². The highest BCUT2D eigenvalue weighted by atomic mass is 35.5. The molecule has 0 saturated heterocycles. The van der Waals surface area contributed by atoms with Crippen molar-refractivity contribution < 1.29 is 4.92 Å². The maximum absolute atomic E-state index is 10.4. The molecule has 1 atom stereocenters. The molecule has 0 spiro atoms. The molecule has 0 bridgehead atoms. The van der Waals surface area contributed by atoms with E-state index >= 15 is 0 Å². The highest BCUT2D eigenvalue weighted by molar-refractivity contribution is 6.31. The van der Waals surface area contributed by atoms with Crippen LogP contribution in [0.1, 0.15) is 12.5 Å². The summed E-state index contributed by atoms with van der Waals surface area (Å²) in [4.78, 5) is 10.1. The maximum Gasteiger partial charge on any atom is 0.214 e. The minimum absolute atomic E-state index is 0.302. The van der Waals surface area contributed by atoms with Gasteiger partial charge in [-0.05, 0) is 11.6 Å². The summed E-state index contributed by atoms with van der Waals surface area (Å²) in [6, 6.07) is 6.60. The Morgan fingerprint density at radius 2 is 2.15 bits per heavy atom. The van der Waals surface area contributed by atoms with Crippen molar-refractivity contribution in [3.05, 3.63) is 45.0 Å². The number of benzene rings is 1. The van der Waals surface area contributed by atoms with Gasteiger partial charge in [0.2, 0.25) is 6.04 Å². The number of nitro groups is 1. The van der Waals surface area contributed by atoms with Crippen molar-refractivity contribution in [1.82, 2.24) is 0 Å². The standard InChI is InChI=1S/C9H10ClNO2/c1-7(11(12)13)6-8-4-2-3-5-9(8)10/h2-5,7H,6H2,1H3. The number of rotatable bonds is 3. The first-order valence-electron chi connectivity index (χ1n) is 3.98. The molecule has 13 heavy (non-hydrogen) atoms. The minimum Gasteiger partial charge on any atom is -0.264 e. The van der Waals surface area contributed by atoms with E-state index in [4.69, 9.17) is 11.6 Å². The van der Waals surface area contributed by atoms with E-state index in [1.165, 1.54) is 0 Å². The highest BCUT2D eigenvalue weighted by Crippen LogP contribution is 2.17. The summed E-state index contributed by atoms with van der Waals surface area (Å²) >= 11 is 5.85. The quantitative estimate of drug-likeness (QED) is 0.555. The lowest BCUT2D eigenvalue weighted by atomic mass is 10.1. The molecular weight excluding hydrogens is 190 g/mol. The lowest BCUT2D eigenvalue weighted by Gasteiger charge is -2.04. The van der Waals surface area contributed by atoms with Crippen molar-refractivity contribution in [2.75, 3.05) is 0 Å². The van der Waals surface area contributed by atoms with E-state index in [1.807, 2.05) is 18.2 Å². The molecule has 70 valence electrons. The Bertz CT molecular complexity index is 314. The van der Waals surface area contributed by atoms with Crippen molar-refractivity contribution in [1.29, 1.82) is 0 Å². The van der Waals surface area contributed by atoms with Crippen LogP contribution in [0.4, 0.5) is 0 Å². The molecule has 1 unspecified atom stereocenters. The van der Waals surface area contributed by atoms with Gasteiger partial charge in [0.05, 0.1) is 0 Å². The van der Waals surface area contributed by atoms with Gasteiger partial charge in [-0.15, -0.1) is 0 Å². The SMILES string of the molecule is CC(Cc1ccccc1Cl)[N+](=O)[O-]. The van der Waals surface area contributed by atoms with Crippen LogP contribution in [0.5, 0.6) is 0 Å². The molecule has 0 N–H and O–H groups in total. The molecular formula is C9H10ClNO2. The molecule has 0 aliphatic carbocycles. The summed E-state index contributed by atoms with van der Waals surface area (Å²) < 4.78 is 0. The molecule has 0 aromatic heterocycles. The monoisotopic (exact) mass is 199 g/mol. The first-order valence-corrected chi connectivity index (χ1v) is 4.36. The molecule has 1 rings (SSSR count). The van der Waals surface area contributed by atoms with Crippen LogP contribution in [-0.4, -0.2) is 11.0 Å². The van der Waals surface area contributed by atoms with E-state index in [0.717, 1.165) is 5.56 Å². The summed E-state index contributed by atoms with van der Waals surface area (Å²) in [5.74, 6) is 0. The Morgan fingerprint density at radius 1 is 1.54 bits per heavy atom. The Kier molecular flexibility index (Phi) is 3.25. The van der Waals surface area contributed by atoms with E-state index in [0.29, 0.717) is 11.4 Å². The first-order chi connectivity index (χ1) is 6.11. The van der Waals surface area contributed by atoms with E-state index < -0.39 is 6.04 Å². The van der Waals surface area contributed by atoms with Gasteiger partial charge in [-0.25, -0.2) is 0 Å². The van der Waals surface area contributed by atoms with Gasteiger partial charge in [0.15, 0.2) is 0 Å².